The quantitative estimate of drug-likeness (QED) is 0.754. The van der Waals surface area contributed by atoms with Gasteiger partial charge in [0, 0.05) is 24.6 Å². The summed E-state index contributed by atoms with van der Waals surface area (Å²) in [7, 11) is 1.84. The fourth-order valence-electron chi connectivity index (χ4n) is 3.99. The van der Waals surface area contributed by atoms with Gasteiger partial charge in [-0.2, -0.15) is 0 Å². The van der Waals surface area contributed by atoms with E-state index in [9.17, 15) is 14.7 Å². The van der Waals surface area contributed by atoms with Crippen LogP contribution in [-0.4, -0.2) is 62.0 Å². The number of aromatic nitrogens is 2. The van der Waals surface area contributed by atoms with Crippen molar-refractivity contribution in [3.8, 4) is 5.88 Å². The lowest BCUT2D eigenvalue weighted by Gasteiger charge is -2.45. The van der Waals surface area contributed by atoms with Crippen LogP contribution in [0.2, 0.25) is 5.15 Å². The van der Waals surface area contributed by atoms with Crippen molar-refractivity contribution in [2.24, 2.45) is 0 Å². The monoisotopic (exact) mass is 367 g/mol. The Morgan fingerprint density at radius 2 is 2.16 bits per heavy atom. The van der Waals surface area contributed by atoms with E-state index in [1.807, 2.05) is 11.9 Å². The molecule has 8 nitrogen and oxygen atoms in total. The number of rotatable bonds is 5. The molecule has 2 aliphatic rings. The zero-order valence-corrected chi connectivity index (χ0v) is 14.3. The van der Waals surface area contributed by atoms with E-state index in [4.69, 9.17) is 21.4 Å². The molecule has 0 spiro atoms. The first-order valence-electron chi connectivity index (χ1n) is 7.89. The third kappa shape index (κ3) is 3.32. The van der Waals surface area contributed by atoms with Gasteiger partial charge in [-0.1, -0.05) is 11.6 Å². The molecule has 25 heavy (non-hydrogen) atoms. The highest BCUT2D eigenvalue weighted by Gasteiger charge is 2.54. The highest BCUT2D eigenvalue weighted by molar-refractivity contribution is 6.29. The Labute approximate surface area is 149 Å². The van der Waals surface area contributed by atoms with Crippen molar-refractivity contribution in [1.29, 1.82) is 0 Å². The van der Waals surface area contributed by atoms with Crippen molar-refractivity contribution in [1.82, 2.24) is 15.1 Å². The molecular weight excluding hydrogens is 350 g/mol. The number of carbonyl (C=O) groups is 2. The van der Waals surface area contributed by atoms with Crippen molar-refractivity contribution in [3.63, 3.8) is 0 Å². The second kappa shape index (κ2) is 6.61. The molecule has 0 saturated carbocycles. The summed E-state index contributed by atoms with van der Waals surface area (Å²) in [6, 6.07) is 3.29. The number of fused-ring (bicyclic) bond motifs is 2. The largest absolute Gasteiger partial charge is 0.478 e. The maximum absolute atomic E-state index is 11.7. The molecule has 2 saturated heterocycles. The maximum atomic E-state index is 11.7. The van der Waals surface area contributed by atoms with Crippen LogP contribution in [0.5, 0.6) is 5.88 Å². The van der Waals surface area contributed by atoms with E-state index in [1.54, 1.807) is 12.1 Å². The van der Waals surface area contributed by atoms with Gasteiger partial charge in [0.15, 0.2) is 5.15 Å². The van der Waals surface area contributed by atoms with Gasteiger partial charge < -0.3 is 14.9 Å². The van der Waals surface area contributed by atoms with Crippen LogP contribution in [0.1, 0.15) is 25.7 Å². The average molecular weight is 368 g/mol. The maximum Gasteiger partial charge on any atom is 0.333 e. The molecule has 1 aromatic rings. The van der Waals surface area contributed by atoms with Gasteiger partial charge in [0.05, 0.1) is 11.1 Å². The predicted molar refractivity (Wildman–Crippen MR) is 87.6 cm³/mol. The van der Waals surface area contributed by atoms with Crippen LogP contribution < -0.4 is 4.74 Å². The molecular formula is C16H18ClN3O5. The molecule has 1 aromatic heterocycles. The average Bonchev–Trinajstić information content (AvgIpc) is 2.74. The first-order chi connectivity index (χ1) is 11.8. The number of nitrogens with zero attached hydrogens (tertiary/aromatic N) is 3. The summed E-state index contributed by atoms with van der Waals surface area (Å²) in [6.45, 7) is 0. The standard InChI is InChI=1S/C16H18ClN3O5/c1-20-9-4-5-16(20,11(15(23)24)7-14(21)22)8-10(6-9)25-13-3-2-12(17)18-19-13/h2-3,7,9-10H,4-6,8H2,1H3,(H,21,22)(H,23,24)/b11-7-. The summed E-state index contributed by atoms with van der Waals surface area (Å²) in [5.74, 6) is -2.18. The molecule has 2 N–H and O–H groups in total. The van der Waals surface area contributed by atoms with Crippen molar-refractivity contribution >= 4 is 23.5 Å². The van der Waals surface area contributed by atoms with Crippen LogP contribution in [0.3, 0.4) is 0 Å². The molecule has 0 amide bonds. The number of hydrogen-bond acceptors (Lipinski definition) is 6. The zero-order chi connectivity index (χ0) is 18.2. The fourth-order valence-corrected chi connectivity index (χ4v) is 4.09. The lowest BCUT2D eigenvalue weighted by Crippen LogP contribution is -2.55. The van der Waals surface area contributed by atoms with E-state index in [0.717, 1.165) is 12.5 Å². The van der Waals surface area contributed by atoms with Crippen molar-refractivity contribution in [3.05, 3.63) is 28.9 Å². The minimum atomic E-state index is -1.27. The molecule has 3 unspecified atom stereocenters. The Morgan fingerprint density at radius 3 is 2.76 bits per heavy atom. The Bertz CT molecular complexity index is 723. The van der Waals surface area contributed by atoms with Gasteiger partial charge in [-0.15, -0.1) is 10.2 Å². The Kier molecular flexibility index (Phi) is 4.66. The van der Waals surface area contributed by atoms with E-state index in [1.165, 1.54) is 0 Å². The summed E-state index contributed by atoms with van der Waals surface area (Å²) in [5, 5.41) is 26.5. The van der Waals surface area contributed by atoms with Gasteiger partial charge in [-0.25, -0.2) is 9.59 Å². The van der Waals surface area contributed by atoms with Crippen LogP contribution in [0.25, 0.3) is 0 Å². The molecule has 0 radical (unpaired) electrons. The number of carboxylic acids is 2. The Morgan fingerprint density at radius 1 is 1.40 bits per heavy atom. The van der Waals surface area contributed by atoms with Crippen molar-refractivity contribution in [2.45, 2.75) is 43.4 Å². The lowest BCUT2D eigenvalue weighted by atomic mass is 9.80. The van der Waals surface area contributed by atoms with E-state index < -0.39 is 17.5 Å². The summed E-state index contributed by atoms with van der Waals surface area (Å²) >= 11 is 5.71. The molecule has 3 atom stereocenters. The second-order valence-corrected chi connectivity index (χ2v) is 6.80. The van der Waals surface area contributed by atoms with E-state index in [-0.39, 0.29) is 22.9 Å². The molecule has 2 fully saturated rings. The lowest BCUT2D eigenvalue weighted by molar-refractivity contribution is -0.137. The van der Waals surface area contributed by atoms with Gasteiger partial charge in [0.1, 0.15) is 6.10 Å². The molecule has 9 heteroatoms. The SMILES string of the molecule is CN1C2CCC1(/C(=C\C(=O)O)C(=O)O)CC(Oc1ccc(Cl)nn1)C2. The molecule has 2 aliphatic heterocycles. The minimum absolute atomic E-state index is 0.111. The van der Waals surface area contributed by atoms with E-state index in [2.05, 4.69) is 10.2 Å². The summed E-state index contributed by atoms with van der Waals surface area (Å²) in [6.07, 6.45) is 2.96. The fraction of sp³-hybridized carbons (Fsp3) is 0.500. The van der Waals surface area contributed by atoms with Crippen LogP contribution in [0.15, 0.2) is 23.8 Å². The Hall–Kier alpha value is -2.19. The van der Waals surface area contributed by atoms with Crippen LogP contribution in [0.4, 0.5) is 0 Å². The van der Waals surface area contributed by atoms with Crippen LogP contribution >= 0.6 is 11.6 Å². The first-order valence-corrected chi connectivity index (χ1v) is 8.27. The number of aliphatic carboxylic acids is 2. The summed E-state index contributed by atoms with van der Waals surface area (Å²) in [5.41, 5.74) is -0.974. The number of carboxylic acid groups (broad SMARTS) is 2. The normalized spacial score (nSPS) is 29.4. The van der Waals surface area contributed by atoms with Crippen LogP contribution in [0, 0.1) is 0 Å². The molecule has 3 rings (SSSR count). The molecule has 0 aromatic carbocycles. The number of hydrogen-bond donors (Lipinski definition) is 2. The topological polar surface area (TPSA) is 113 Å². The number of ether oxygens (including phenoxy) is 1. The number of likely N-dealkylation sites (N-methyl/N-ethyl adjacent to an activating group) is 1. The molecule has 0 aliphatic carbocycles. The Balaban J connectivity index is 1.89. The zero-order valence-electron chi connectivity index (χ0n) is 13.6. The summed E-state index contributed by atoms with van der Waals surface area (Å²) in [4.78, 5) is 24.8. The van der Waals surface area contributed by atoms with E-state index in [0.29, 0.717) is 25.1 Å². The van der Waals surface area contributed by atoms with Gasteiger partial charge in [-0.05, 0) is 32.4 Å². The first kappa shape index (κ1) is 17.6. The molecule has 2 bridgehead atoms. The van der Waals surface area contributed by atoms with Gasteiger partial charge >= 0.3 is 11.9 Å². The summed E-state index contributed by atoms with van der Waals surface area (Å²) < 4.78 is 5.87. The molecule has 134 valence electrons. The highest BCUT2D eigenvalue weighted by Crippen LogP contribution is 2.48. The van der Waals surface area contributed by atoms with Crippen molar-refractivity contribution in [2.75, 3.05) is 7.05 Å². The number of halogens is 1. The third-order valence-corrected chi connectivity index (χ3v) is 5.31. The molecule has 3 heterocycles. The van der Waals surface area contributed by atoms with Gasteiger partial charge in [-0.3, -0.25) is 4.90 Å². The van der Waals surface area contributed by atoms with Gasteiger partial charge in [0.2, 0.25) is 5.88 Å². The van der Waals surface area contributed by atoms with Crippen LogP contribution in [-0.2, 0) is 9.59 Å². The number of piperidine rings is 1. The predicted octanol–water partition coefficient (Wildman–Crippen LogP) is 1.60. The van der Waals surface area contributed by atoms with Crippen molar-refractivity contribution < 1.29 is 24.5 Å². The van der Waals surface area contributed by atoms with E-state index >= 15 is 0 Å². The smallest absolute Gasteiger partial charge is 0.333 e. The van der Waals surface area contributed by atoms with Gasteiger partial charge in [0.25, 0.3) is 0 Å². The highest BCUT2D eigenvalue weighted by atomic mass is 35.5. The minimum Gasteiger partial charge on any atom is -0.478 e. The second-order valence-electron chi connectivity index (χ2n) is 6.41. The third-order valence-electron chi connectivity index (χ3n) is 5.11.